The molecule has 0 saturated carbocycles. The van der Waals surface area contributed by atoms with E-state index >= 15 is 0 Å². The molecule has 0 radical (unpaired) electrons. The number of nitrogen functional groups attached to an aromatic ring is 1. The summed E-state index contributed by atoms with van der Waals surface area (Å²) in [5.41, 5.74) is 5.08. The van der Waals surface area contributed by atoms with Gasteiger partial charge in [-0.25, -0.2) is 17.9 Å². The van der Waals surface area contributed by atoms with Gasteiger partial charge in [0, 0.05) is 11.9 Å². The fourth-order valence-electron chi connectivity index (χ4n) is 1.64. The van der Waals surface area contributed by atoms with Gasteiger partial charge in [-0.2, -0.15) is 0 Å². The first kappa shape index (κ1) is 14.5. The van der Waals surface area contributed by atoms with E-state index in [9.17, 15) is 13.2 Å². The first-order valence-electron chi connectivity index (χ1n) is 6.12. The van der Waals surface area contributed by atoms with Crippen LogP contribution in [-0.4, -0.2) is 15.0 Å². The Morgan fingerprint density at radius 3 is 2.65 bits per heavy atom. The SMILES string of the molecule is CC(C)CNS(=O)(=O)c1ccc2oc(=O)c(N)cc2c1. The van der Waals surface area contributed by atoms with Crippen LogP contribution in [0.15, 0.2) is 38.4 Å². The minimum Gasteiger partial charge on any atom is -0.421 e. The Balaban J connectivity index is 2.46. The predicted molar refractivity (Wildman–Crippen MR) is 76.9 cm³/mol. The molecule has 7 heteroatoms. The van der Waals surface area contributed by atoms with Crippen LogP contribution >= 0.6 is 0 Å². The number of rotatable bonds is 4. The maximum atomic E-state index is 12.1. The second-order valence-corrected chi connectivity index (χ2v) is 6.70. The largest absolute Gasteiger partial charge is 0.421 e. The van der Waals surface area contributed by atoms with Gasteiger partial charge < -0.3 is 10.2 Å². The highest BCUT2D eigenvalue weighted by atomic mass is 32.2. The van der Waals surface area contributed by atoms with Crippen LogP contribution in [0.4, 0.5) is 5.69 Å². The van der Waals surface area contributed by atoms with Gasteiger partial charge in [0.25, 0.3) is 0 Å². The molecule has 0 spiro atoms. The third-order valence-corrected chi connectivity index (χ3v) is 4.14. The summed E-state index contributed by atoms with van der Waals surface area (Å²) in [7, 11) is -3.58. The molecule has 0 bridgehead atoms. The Hall–Kier alpha value is -1.86. The number of fused-ring (bicyclic) bond motifs is 1. The van der Waals surface area contributed by atoms with Crippen molar-refractivity contribution in [1.29, 1.82) is 0 Å². The predicted octanol–water partition coefficient (Wildman–Crippen LogP) is 1.31. The molecule has 3 N–H and O–H groups in total. The lowest BCUT2D eigenvalue weighted by atomic mass is 10.2. The van der Waals surface area contributed by atoms with Gasteiger partial charge in [0.2, 0.25) is 10.0 Å². The van der Waals surface area contributed by atoms with Gasteiger partial charge in [-0.3, -0.25) is 0 Å². The molecule has 0 fully saturated rings. The lowest BCUT2D eigenvalue weighted by Crippen LogP contribution is -2.27. The van der Waals surface area contributed by atoms with Crippen molar-refractivity contribution in [3.05, 3.63) is 34.7 Å². The Bertz CT molecular complexity index is 794. The van der Waals surface area contributed by atoms with Crippen LogP contribution in [0.2, 0.25) is 0 Å². The monoisotopic (exact) mass is 296 g/mol. The van der Waals surface area contributed by atoms with E-state index in [0.717, 1.165) is 0 Å². The van der Waals surface area contributed by atoms with E-state index in [1.165, 1.54) is 24.3 Å². The standard InChI is InChI=1S/C13H16N2O4S/c1-8(2)7-15-20(17,18)10-3-4-12-9(5-10)6-11(14)13(16)19-12/h3-6,8,15H,7,14H2,1-2H3. The van der Waals surface area contributed by atoms with Crippen LogP contribution in [0, 0.1) is 5.92 Å². The van der Waals surface area contributed by atoms with Crippen LogP contribution in [-0.2, 0) is 10.0 Å². The molecule has 1 aromatic heterocycles. The molecule has 6 nitrogen and oxygen atoms in total. The molecule has 0 aliphatic rings. The molecule has 0 aliphatic carbocycles. The molecule has 1 heterocycles. The number of anilines is 1. The van der Waals surface area contributed by atoms with E-state index < -0.39 is 15.6 Å². The van der Waals surface area contributed by atoms with E-state index in [2.05, 4.69) is 4.72 Å². The van der Waals surface area contributed by atoms with Crippen molar-refractivity contribution < 1.29 is 12.8 Å². The van der Waals surface area contributed by atoms with Gasteiger partial charge >= 0.3 is 5.63 Å². The average Bonchev–Trinajstić information content (AvgIpc) is 2.37. The second kappa shape index (κ2) is 5.26. The van der Waals surface area contributed by atoms with E-state index in [0.29, 0.717) is 17.5 Å². The molecule has 0 atom stereocenters. The molecule has 0 unspecified atom stereocenters. The van der Waals surface area contributed by atoms with Gasteiger partial charge in [0.1, 0.15) is 11.3 Å². The van der Waals surface area contributed by atoms with Crippen molar-refractivity contribution in [1.82, 2.24) is 4.72 Å². The number of hydrogen-bond acceptors (Lipinski definition) is 5. The van der Waals surface area contributed by atoms with Crippen molar-refractivity contribution in [2.24, 2.45) is 5.92 Å². The molecule has 20 heavy (non-hydrogen) atoms. The number of nitrogens with one attached hydrogen (secondary N) is 1. The molecule has 0 aliphatic heterocycles. The minimum atomic E-state index is -3.58. The molecule has 0 amide bonds. The molecule has 0 saturated heterocycles. The quantitative estimate of drug-likeness (QED) is 0.828. The molecular weight excluding hydrogens is 280 g/mol. The van der Waals surface area contributed by atoms with Crippen molar-refractivity contribution in [3.8, 4) is 0 Å². The van der Waals surface area contributed by atoms with Crippen LogP contribution in [0.3, 0.4) is 0 Å². The lowest BCUT2D eigenvalue weighted by molar-refractivity contribution is 0.558. The third kappa shape index (κ3) is 3.00. The first-order chi connectivity index (χ1) is 9.29. The summed E-state index contributed by atoms with van der Waals surface area (Å²) >= 11 is 0. The summed E-state index contributed by atoms with van der Waals surface area (Å²) in [4.78, 5) is 11.4. The average molecular weight is 296 g/mol. The molecule has 1 aromatic carbocycles. The normalized spacial score (nSPS) is 12.2. The maximum absolute atomic E-state index is 12.1. The summed E-state index contributed by atoms with van der Waals surface area (Å²) in [6, 6.07) is 5.67. The number of hydrogen-bond donors (Lipinski definition) is 2. The van der Waals surface area contributed by atoms with Gasteiger partial charge in [0.05, 0.1) is 4.90 Å². The molecule has 108 valence electrons. The zero-order valence-corrected chi connectivity index (χ0v) is 12.0. The lowest BCUT2D eigenvalue weighted by Gasteiger charge is -2.09. The Labute approximate surface area is 116 Å². The summed E-state index contributed by atoms with van der Waals surface area (Å²) in [5, 5.41) is 0.467. The van der Waals surface area contributed by atoms with Crippen molar-refractivity contribution in [2.45, 2.75) is 18.7 Å². The summed E-state index contributed by atoms with van der Waals surface area (Å²) in [6.45, 7) is 4.18. The van der Waals surface area contributed by atoms with E-state index in [-0.39, 0.29) is 16.5 Å². The fourth-order valence-corrected chi connectivity index (χ4v) is 2.89. The maximum Gasteiger partial charge on any atom is 0.359 e. The van der Waals surface area contributed by atoms with E-state index in [4.69, 9.17) is 10.2 Å². The van der Waals surface area contributed by atoms with Gasteiger partial charge in [0.15, 0.2) is 0 Å². The molecular formula is C13H16N2O4S. The zero-order chi connectivity index (χ0) is 14.9. The van der Waals surface area contributed by atoms with Crippen molar-refractivity contribution in [2.75, 3.05) is 12.3 Å². The highest BCUT2D eigenvalue weighted by Gasteiger charge is 2.15. The van der Waals surface area contributed by atoms with Crippen LogP contribution in [0.5, 0.6) is 0 Å². The summed E-state index contributed by atoms with van der Waals surface area (Å²) in [5.74, 6) is 0.207. The summed E-state index contributed by atoms with van der Waals surface area (Å²) in [6.07, 6.45) is 0. The highest BCUT2D eigenvalue weighted by Crippen LogP contribution is 2.19. The first-order valence-corrected chi connectivity index (χ1v) is 7.61. The topological polar surface area (TPSA) is 102 Å². The number of nitrogens with two attached hydrogens (primary N) is 1. The smallest absolute Gasteiger partial charge is 0.359 e. The van der Waals surface area contributed by atoms with Crippen molar-refractivity contribution >= 4 is 26.7 Å². The Morgan fingerprint density at radius 2 is 2.00 bits per heavy atom. The zero-order valence-electron chi connectivity index (χ0n) is 11.2. The molecule has 2 aromatic rings. The fraction of sp³-hybridized carbons (Fsp3) is 0.308. The van der Waals surface area contributed by atoms with E-state index in [1.54, 1.807) is 0 Å². The van der Waals surface area contributed by atoms with Crippen LogP contribution in [0.25, 0.3) is 11.0 Å². The van der Waals surface area contributed by atoms with Crippen LogP contribution < -0.4 is 16.1 Å². The van der Waals surface area contributed by atoms with Gasteiger partial charge in [-0.1, -0.05) is 13.8 Å². The van der Waals surface area contributed by atoms with Crippen LogP contribution in [0.1, 0.15) is 13.8 Å². The van der Waals surface area contributed by atoms with Crippen molar-refractivity contribution in [3.63, 3.8) is 0 Å². The number of sulfonamides is 1. The minimum absolute atomic E-state index is 0.0535. The molecule has 2 rings (SSSR count). The Morgan fingerprint density at radius 1 is 1.30 bits per heavy atom. The summed E-state index contributed by atoms with van der Waals surface area (Å²) < 4.78 is 31.7. The van der Waals surface area contributed by atoms with Gasteiger partial charge in [-0.15, -0.1) is 0 Å². The third-order valence-electron chi connectivity index (χ3n) is 2.72. The van der Waals surface area contributed by atoms with Gasteiger partial charge in [-0.05, 0) is 30.2 Å². The Kier molecular flexibility index (Phi) is 3.82. The highest BCUT2D eigenvalue weighted by molar-refractivity contribution is 7.89. The second-order valence-electron chi connectivity index (χ2n) is 4.93. The number of benzene rings is 1. The van der Waals surface area contributed by atoms with E-state index in [1.807, 2.05) is 13.8 Å².